The van der Waals surface area contributed by atoms with E-state index in [1.54, 1.807) is 10.9 Å². The highest BCUT2D eigenvalue weighted by Crippen LogP contribution is 2.47. The van der Waals surface area contributed by atoms with Crippen molar-refractivity contribution >= 4 is 28.4 Å². The monoisotopic (exact) mass is 350 g/mol. The smallest absolute Gasteiger partial charge is 0.321 e. The summed E-state index contributed by atoms with van der Waals surface area (Å²) in [7, 11) is 0. The zero-order valence-corrected chi connectivity index (χ0v) is 14.2. The summed E-state index contributed by atoms with van der Waals surface area (Å²) in [6.07, 6.45) is 6.18. The number of nitrogens with one attached hydrogen (secondary N) is 2. The number of amides is 3. The van der Waals surface area contributed by atoms with E-state index < -0.39 is 5.91 Å². The molecule has 2 aliphatic carbocycles. The van der Waals surface area contributed by atoms with Crippen LogP contribution in [-0.2, 0) is 11.2 Å². The molecule has 4 aliphatic rings. The number of aromatic nitrogens is 1. The Balaban J connectivity index is 1.42. The van der Waals surface area contributed by atoms with Crippen molar-refractivity contribution in [3.05, 3.63) is 11.1 Å². The molecule has 3 amide bonds. The third-order valence-corrected chi connectivity index (χ3v) is 6.41. The Bertz CT molecular complexity index is 635. The van der Waals surface area contributed by atoms with E-state index in [1.165, 1.54) is 30.6 Å². The van der Waals surface area contributed by atoms with Gasteiger partial charge in [-0.25, -0.2) is 15.3 Å². The van der Waals surface area contributed by atoms with Crippen molar-refractivity contribution in [2.24, 2.45) is 17.8 Å². The van der Waals surface area contributed by atoms with Crippen LogP contribution in [0.3, 0.4) is 0 Å². The van der Waals surface area contributed by atoms with Crippen molar-refractivity contribution < 1.29 is 14.8 Å². The fourth-order valence-corrected chi connectivity index (χ4v) is 5.55. The predicted molar refractivity (Wildman–Crippen MR) is 88.8 cm³/mol. The lowest BCUT2D eigenvalue weighted by molar-refractivity contribution is -0.128. The van der Waals surface area contributed by atoms with E-state index in [-0.39, 0.29) is 12.5 Å². The molecule has 0 spiro atoms. The number of carbonyl (C=O) groups is 2. The highest BCUT2D eigenvalue weighted by molar-refractivity contribution is 7.13. The van der Waals surface area contributed by atoms with E-state index in [0.717, 1.165) is 31.2 Å². The largest absolute Gasteiger partial charge is 0.323 e. The first-order chi connectivity index (χ1) is 11.6. The Kier molecular flexibility index (Phi) is 4.17. The lowest BCUT2D eigenvalue weighted by Crippen LogP contribution is -2.44. The maximum absolute atomic E-state index is 12.7. The summed E-state index contributed by atoms with van der Waals surface area (Å²) in [4.78, 5) is 30.2. The molecule has 3 N–H and O–H groups in total. The molecule has 1 aromatic rings. The van der Waals surface area contributed by atoms with Gasteiger partial charge in [-0.3, -0.25) is 15.3 Å². The lowest BCUT2D eigenvalue weighted by atomic mass is 9.68. The van der Waals surface area contributed by atoms with Gasteiger partial charge in [0.1, 0.15) is 0 Å². The maximum atomic E-state index is 12.7. The SMILES string of the molecule is O=C(Cc1csc(NC(=O)N2CC3CC4CC(C3)CC2C4)n1)NO. The van der Waals surface area contributed by atoms with Crippen LogP contribution in [0.25, 0.3) is 0 Å². The van der Waals surface area contributed by atoms with E-state index in [4.69, 9.17) is 5.21 Å². The van der Waals surface area contributed by atoms with Crippen LogP contribution in [0.2, 0.25) is 0 Å². The highest BCUT2D eigenvalue weighted by Gasteiger charge is 2.44. The van der Waals surface area contributed by atoms with Gasteiger partial charge in [0.2, 0.25) is 5.91 Å². The van der Waals surface area contributed by atoms with Gasteiger partial charge < -0.3 is 4.90 Å². The Hall–Kier alpha value is -1.67. The summed E-state index contributed by atoms with van der Waals surface area (Å²) < 4.78 is 0. The fourth-order valence-electron chi connectivity index (χ4n) is 4.85. The van der Waals surface area contributed by atoms with Crippen LogP contribution in [0.15, 0.2) is 5.38 Å². The molecule has 2 unspecified atom stereocenters. The van der Waals surface area contributed by atoms with Gasteiger partial charge in [-0.1, -0.05) is 0 Å². The quantitative estimate of drug-likeness (QED) is 0.575. The Morgan fingerprint density at radius 3 is 2.62 bits per heavy atom. The molecular weight excluding hydrogens is 328 g/mol. The maximum Gasteiger partial charge on any atom is 0.323 e. The topological polar surface area (TPSA) is 94.6 Å². The van der Waals surface area contributed by atoms with Gasteiger partial charge in [-0.2, -0.15) is 0 Å². The minimum Gasteiger partial charge on any atom is -0.321 e. The molecule has 0 radical (unpaired) electrons. The van der Waals surface area contributed by atoms with E-state index >= 15 is 0 Å². The van der Waals surface area contributed by atoms with Crippen LogP contribution < -0.4 is 10.8 Å². The minimum atomic E-state index is -0.515. The predicted octanol–water partition coefficient (Wildman–Crippen LogP) is 2.23. The molecule has 130 valence electrons. The summed E-state index contributed by atoms with van der Waals surface area (Å²) >= 11 is 1.30. The number of urea groups is 1. The number of rotatable bonds is 3. The Morgan fingerprint density at radius 2 is 1.92 bits per heavy atom. The van der Waals surface area contributed by atoms with Gasteiger partial charge in [-0.15, -0.1) is 11.3 Å². The third-order valence-electron chi connectivity index (χ3n) is 5.60. The first-order valence-corrected chi connectivity index (χ1v) is 9.43. The summed E-state index contributed by atoms with van der Waals surface area (Å²) in [5.41, 5.74) is 2.13. The first-order valence-electron chi connectivity index (χ1n) is 8.55. The van der Waals surface area contributed by atoms with Crippen molar-refractivity contribution in [1.29, 1.82) is 0 Å². The summed E-state index contributed by atoms with van der Waals surface area (Å²) in [6, 6.07) is 0.293. The standard InChI is InChI=1S/C16H22N4O3S/c21-14(19-23)6-12-8-24-15(17-12)18-16(22)20-7-11-2-9-1-10(3-11)5-13(20)4-9/h8-11,13,23H,1-7H2,(H,19,21)(H,17,18,22). The van der Waals surface area contributed by atoms with E-state index in [2.05, 4.69) is 10.3 Å². The van der Waals surface area contributed by atoms with E-state index in [9.17, 15) is 9.59 Å². The molecule has 2 aliphatic heterocycles. The molecule has 4 fully saturated rings. The van der Waals surface area contributed by atoms with Crippen LogP contribution in [0, 0.1) is 17.8 Å². The van der Waals surface area contributed by atoms with Crippen LogP contribution in [0.4, 0.5) is 9.93 Å². The van der Waals surface area contributed by atoms with Gasteiger partial charge in [0, 0.05) is 18.0 Å². The van der Waals surface area contributed by atoms with Crippen molar-refractivity contribution in [3.63, 3.8) is 0 Å². The van der Waals surface area contributed by atoms with E-state index in [0.29, 0.717) is 22.8 Å². The number of carbonyl (C=O) groups excluding carboxylic acids is 2. The Labute approximate surface area is 144 Å². The van der Waals surface area contributed by atoms with Gasteiger partial charge in [0.05, 0.1) is 12.1 Å². The summed E-state index contributed by atoms with van der Waals surface area (Å²) in [6.45, 7) is 0.856. The molecule has 2 saturated heterocycles. The molecule has 0 aromatic carbocycles. The van der Waals surface area contributed by atoms with Gasteiger partial charge in [0.25, 0.3) is 0 Å². The van der Waals surface area contributed by atoms with Crippen molar-refractivity contribution in [2.75, 3.05) is 11.9 Å². The van der Waals surface area contributed by atoms with Crippen LogP contribution in [0.1, 0.15) is 37.8 Å². The lowest BCUT2D eigenvalue weighted by Gasteiger charge is -2.38. The van der Waals surface area contributed by atoms with Gasteiger partial charge in [-0.05, 0) is 49.9 Å². The number of hydroxylamine groups is 1. The molecule has 8 heteroatoms. The number of hydrogen-bond acceptors (Lipinski definition) is 5. The molecule has 2 saturated carbocycles. The van der Waals surface area contributed by atoms with Crippen molar-refractivity contribution in [2.45, 2.75) is 44.6 Å². The number of thiazole rings is 1. The fraction of sp³-hybridized carbons (Fsp3) is 0.688. The second-order valence-corrected chi connectivity index (χ2v) is 8.23. The third kappa shape index (κ3) is 3.12. The first kappa shape index (κ1) is 15.8. The summed E-state index contributed by atoms with van der Waals surface area (Å²) in [5.74, 6) is 1.73. The molecule has 7 nitrogen and oxygen atoms in total. The number of fused-ring (bicyclic) bond motifs is 1. The molecule has 2 atom stereocenters. The normalized spacial score (nSPS) is 31.0. The number of hydrogen-bond donors (Lipinski definition) is 3. The molecular formula is C16H22N4O3S. The zero-order valence-electron chi connectivity index (χ0n) is 13.4. The highest BCUT2D eigenvalue weighted by atomic mass is 32.1. The zero-order chi connectivity index (χ0) is 16.7. The van der Waals surface area contributed by atoms with Gasteiger partial charge in [0.15, 0.2) is 5.13 Å². The van der Waals surface area contributed by atoms with Crippen LogP contribution in [-0.4, -0.2) is 39.6 Å². The van der Waals surface area contributed by atoms with Crippen molar-refractivity contribution in [3.8, 4) is 0 Å². The molecule has 1 aromatic heterocycles. The van der Waals surface area contributed by atoms with Gasteiger partial charge >= 0.3 is 6.03 Å². The average Bonchev–Trinajstić information content (AvgIpc) is 2.88. The molecule has 3 heterocycles. The van der Waals surface area contributed by atoms with Crippen LogP contribution in [0.5, 0.6) is 0 Å². The van der Waals surface area contributed by atoms with Crippen molar-refractivity contribution in [1.82, 2.24) is 15.4 Å². The molecule has 5 rings (SSSR count). The second kappa shape index (κ2) is 6.33. The minimum absolute atomic E-state index is 0.000639. The summed E-state index contributed by atoms with van der Waals surface area (Å²) in [5, 5.41) is 13.7. The average molecular weight is 350 g/mol. The number of nitrogens with zero attached hydrogens (tertiary/aromatic N) is 2. The van der Waals surface area contributed by atoms with Crippen LogP contribution >= 0.6 is 11.3 Å². The second-order valence-electron chi connectivity index (χ2n) is 7.37. The molecule has 4 bridgehead atoms. The van der Waals surface area contributed by atoms with E-state index in [1.807, 2.05) is 4.90 Å². The molecule has 24 heavy (non-hydrogen) atoms. The number of anilines is 1. The Morgan fingerprint density at radius 1 is 1.21 bits per heavy atom.